The summed E-state index contributed by atoms with van der Waals surface area (Å²) in [6.45, 7) is 2.03. The van der Waals surface area contributed by atoms with E-state index in [1.54, 1.807) is 0 Å². The minimum atomic E-state index is -0.465. The quantitative estimate of drug-likeness (QED) is 0.372. The number of ketones is 1. The molecule has 4 heteroatoms. The van der Waals surface area contributed by atoms with Gasteiger partial charge in [-0.25, -0.2) is 0 Å². The normalized spacial score (nSPS) is 12.0. The van der Waals surface area contributed by atoms with E-state index in [0.29, 0.717) is 12.0 Å². The van der Waals surface area contributed by atoms with Gasteiger partial charge in [-0.05, 0) is 34.4 Å². The molecule has 24 heavy (non-hydrogen) atoms. The van der Waals surface area contributed by atoms with Crippen molar-refractivity contribution in [2.45, 2.75) is 19.3 Å². The van der Waals surface area contributed by atoms with Gasteiger partial charge in [-0.2, -0.15) is 0 Å². The molecule has 0 bridgehead atoms. The average Bonchev–Trinajstić information content (AvgIpc) is 2.61. The maximum absolute atomic E-state index is 12.5. The third-order valence-electron chi connectivity index (χ3n) is 4.25. The molecule has 0 saturated heterocycles. The minimum absolute atomic E-state index is 0.00588. The van der Waals surface area contributed by atoms with Crippen LogP contribution in [0.2, 0.25) is 0 Å². The van der Waals surface area contributed by atoms with E-state index < -0.39 is 4.92 Å². The molecule has 0 heterocycles. The Hall–Kier alpha value is -3.01. The van der Waals surface area contributed by atoms with E-state index in [2.05, 4.69) is 24.3 Å². The zero-order valence-electron chi connectivity index (χ0n) is 13.3. The molecule has 0 aliphatic heterocycles. The van der Waals surface area contributed by atoms with Crippen LogP contribution in [-0.2, 0) is 0 Å². The number of non-ortho nitro benzene ring substituents is 1. The average molecular weight is 319 g/mol. The summed E-state index contributed by atoms with van der Waals surface area (Å²) in [7, 11) is 0. The highest BCUT2D eigenvalue weighted by Crippen LogP contribution is 2.28. The first-order valence-corrected chi connectivity index (χ1v) is 7.81. The van der Waals surface area contributed by atoms with Crippen LogP contribution in [0.4, 0.5) is 5.69 Å². The molecule has 0 radical (unpaired) electrons. The Morgan fingerprint density at radius 2 is 1.67 bits per heavy atom. The molecular weight excluding hydrogens is 302 g/mol. The van der Waals surface area contributed by atoms with E-state index in [-0.39, 0.29) is 17.4 Å². The minimum Gasteiger partial charge on any atom is -0.294 e. The van der Waals surface area contributed by atoms with Gasteiger partial charge in [0.1, 0.15) is 0 Å². The number of hydrogen-bond donors (Lipinski definition) is 0. The first kappa shape index (κ1) is 15.9. The predicted octanol–water partition coefficient (Wildman–Crippen LogP) is 5.12. The second-order valence-corrected chi connectivity index (χ2v) is 5.90. The fourth-order valence-electron chi connectivity index (χ4n) is 2.96. The third kappa shape index (κ3) is 3.18. The Morgan fingerprint density at radius 3 is 2.38 bits per heavy atom. The van der Waals surface area contributed by atoms with Gasteiger partial charge in [0, 0.05) is 24.1 Å². The van der Waals surface area contributed by atoms with Gasteiger partial charge in [-0.3, -0.25) is 14.9 Å². The van der Waals surface area contributed by atoms with Crippen molar-refractivity contribution in [3.63, 3.8) is 0 Å². The Kier molecular flexibility index (Phi) is 4.38. The van der Waals surface area contributed by atoms with Gasteiger partial charge in [-0.1, -0.05) is 49.4 Å². The maximum Gasteiger partial charge on any atom is 0.269 e. The standard InChI is InChI=1S/C20H17NO3/c1-14(18-8-4-6-15-5-2-3-7-19(15)18)13-20(22)16-9-11-17(12-10-16)21(23)24/h2-12,14H,13H2,1H3/t14-/m0/s1. The van der Waals surface area contributed by atoms with Crippen molar-refractivity contribution in [2.75, 3.05) is 0 Å². The molecular formula is C20H17NO3. The summed E-state index contributed by atoms with van der Waals surface area (Å²) in [4.78, 5) is 22.7. The predicted molar refractivity (Wildman–Crippen MR) is 94.4 cm³/mol. The molecule has 120 valence electrons. The molecule has 1 atom stereocenters. The van der Waals surface area contributed by atoms with E-state index in [1.165, 1.54) is 24.3 Å². The van der Waals surface area contributed by atoms with E-state index in [0.717, 1.165) is 16.3 Å². The first-order valence-electron chi connectivity index (χ1n) is 7.81. The fraction of sp³-hybridized carbons (Fsp3) is 0.150. The number of fused-ring (bicyclic) bond motifs is 1. The molecule has 3 aromatic carbocycles. The highest BCUT2D eigenvalue weighted by Gasteiger charge is 2.16. The van der Waals surface area contributed by atoms with Crippen molar-refractivity contribution in [3.8, 4) is 0 Å². The topological polar surface area (TPSA) is 60.2 Å². The molecule has 3 aromatic rings. The molecule has 3 rings (SSSR count). The van der Waals surface area contributed by atoms with Gasteiger partial charge in [0.05, 0.1) is 4.92 Å². The fourth-order valence-corrected chi connectivity index (χ4v) is 2.96. The van der Waals surface area contributed by atoms with Crippen LogP contribution < -0.4 is 0 Å². The molecule has 0 fully saturated rings. The first-order chi connectivity index (χ1) is 11.6. The van der Waals surface area contributed by atoms with Crippen molar-refractivity contribution in [3.05, 3.63) is 88.0 Å². The number of nitro groups is 1. The van der Waals surface area contributed by atoms with Crippen LogP contribution in [0.1, 0.15) is 35.2 Å². The van der Waals surface area contributed by atoms with Crippen molar-refractivity contribution in [2.24, 2.45) is 0 Å². The monoisotopic (exact) mass is 319 g/mol. The van der Waals surface area contributed by atoms with Crippen LogP contribution in [0.15, 0.2) is 66.7 Å². The molecule has 0 aromatic heterocycles. The Labute approximate surface area is 139 Å². The van der Waals surface area contributed by atoms with E-state index in [9.17, 15) is 14.9 Å². The smallest absolute Gasteiger partial charge is 0.269 e. The van der Waals surface area contributed by atoms with Crippen LogP contribution in [-0.4, -0.2) is 10.7 Å². The molecule has 0 saturated carbocycles. The summed E-state index contributed by atoms with van der Waals surface area (Å²) in [5, 5.41) is 13.0. The lowest BCUT2D eigenvalue weighted by Gasteiger charge is -2.14. The number of carbonyl (C=O) groups is 1. The van der Waals surface area contributed by atoms with Gasteiger partial charge in [0.25, 0.3) is 5.69 Å². The van der Waals surface area contributed by atoms with Gasteiger partial charge in [-0.15, -0.1) is 0 Å². The molecule has 0 N–H and O–H groups in total. The SMILES string of the molecule is C[C@@H](CC(=O)c1ccc([N+](=O)[O-])cc1)c1cccc2ccccc12. The van der Waals surface area contributed by atoms with Crippen molar-refractivity contribution in [1.29, 1.82) is 0 Å². The highest BCUT2D eigenvalue weighted by molar-refractivity contribution is 5.97. The molecule has 4 nitrogen and oxygen atoms in total. The zero-order valence-corrected chi connectivity index (χ0v) is 13.3. The van der Waals surface area contributed by atoms with E-state index in [4.69, 9.17) is 0 Å². The van der Waals surface area contributed by atoms with Crippen LogP contribution >= 0.6 is 0 Å². The summed E-state index contributed by atoms with van der Waals surface area (Å²) in [5.41, 5.74) is 1.64. The van der Waals surface area contributed by atoms with Crippen LogP contribution in [0, 0.1) is 10.1 Å². The molecule has 0 aliphatic rings. The summed E-state index contributed by atoms with van der Waals surface area (Å²) < 4.78 is 0. The lowest BCUT2D eigenvalue weighted by molar-refractivity contribution is -0.384. The van der Waals surface area contributed by atoms with Crippen molar-refractivity contribution >= 4 is 22.2 Å². The van der Waals surface area contributed by atoms with Gasteiger partial charge in [0.2, 0.25) is 0 Å². The van der Waals surface area contributed by atoms with Gasteiger partial charge < -0.3 is 0 Å². The second-order valence-electron chi connectivity index (χ2n) is 5.90. The third-order valence-corrected chi connectivity index (χ3v) is 4.25. The maximum atomic E-state index is 12.5. The Morgan fingerprint density at radius 1 is 1.00 bits per heavy atom. The number of hydrogen-bond acceptors (Lipinski definition) is 3. The van der Waals surface area contributed by atoms with E-state index >= 15 is 0 Å². The Bertz CT molecular complexity index is 895. The summed E-state index contributed by atoms with van der Waals surface area (Å²) >= 11 is 0. The number of carbonyl (C=O) groups excluding carboxylic acids is 1. The summed E-state index contributed by atoms with van der Waals surface area (Å²) in [6.07, 6.45) is 0.367. The number of rotatable bonds is 5. The summed E-state index contributed by atoms with van der Waals surface area (Å²) in [5.74, 6) is 0.0594. The van der Waals surface area contributed by atoms with Crippen LogP contribution in [0.3, 0.4) is 0 Å². The molecule has 0 unspecified atom stereocenters. The van der Waals surface area contributed by atoms with Gasteiger partial charge >= 0.3 is 0 Å². The Balaban J connectivity index is 1.82. The molecule has 0 spiro atoms. The van der Waals surface area contributed by atoms with Crippen molar-refractivity contribution < 1.29 is 9.72 Å². The molecule has 0 amide bonds. The van der Waals surface area contributed by atoms with Crippen LogP contribution in [0.25, 0.3) is 10.8 Å². The number of nitrogens with zero attached hydrogens (tertiary/aromatic N) is 1. The largest absolute Gasteiger partial charge is 0.294 e. The van der Waals surface area contributed by atoms with Crippen LogP contribution in [0.5, 0.6) is 0 Å². The summed E-state index contributed by atoms with van der Waals surface area (Å²) in [6, 6.07) is 20.0. The van der Waals surface area contributed by atoms with Crippen molar-refractivity contribution in [1.82, 2.24) is 0 Å². The number of benzene rings is 3. The second kappa shape index (κ2) is 6.62. The zero-order chi connectivity index (χ0) is 17.1. The lowest BCUT2D eigenvalue weighted by Crippen LogP contribution is -2.05. The van der Waals surface area contributed by atoms with E-state index in [1.807, 2.05) is 25.1 Å². The molecule has 0 aliphatic carbocycles. The lowest BCUT2D eigenvalue weighted by atomic mass is 9.89. The van der Waals surface area contributed by atoms with Gasteiger partial charge in [0.15, 0.2) is 5.78 Å². The number of Topliss-reactive ketones (excluding diaryl/α,β-unsaturated/α-hetero) is 1. The number of nitro benzene ring substituents is 1. The highest BCUT2D eigenvalue weighted by atomic mass is 16.6.